The van der Waals surface area contributed by atoms with Crippen molar-refractivity contribution in [3.05, 3.63) is 29.3 Å². The average Bonchev–Trinajstić information content (AvgIpc) is 2.80. The van der Waals surface area contributed by atoms with Gasteiger partial charge in [0.1, 0.15) is 11.3 Å². The van der Waals surface area contributed by atoms with Crippen LogP contribution in [0.1, 0.15) is 27.6 Å². The van der Waals surface area contributed by atoms with E-state index in [1.54, 1.807) is 0 Å². The molecule has 2 atom stereocenters. The summed E-state index contributed by atoms with van der Waals surface area (Å²) in [5, 5.41) is 0. The Hall–Kier alpha value is -3.24. The third kappa shape index (κ3) is 6.70. The Balaban J connectivity index is 3.64. The Morgan fingerprint density at radius 2 is 1.10 bits per heavy atom. The quantitative estimate of drug-likeness (QED) is 0.197. The largest absolute Gasteiger partial charge is 0.465 e. The lowest BCUT2D eigenvalue weighted by atomic mass is 10.1. The standard InChI is InChI=1S/C19H12F16O7/c1-12(20,17(30,31)40-9-6-7(10(36)38-2)4-5-8(9)11(37)39-3)41-19(34,35)14(23,16(27,28)29)42-18(32,33)13(21,22)15(24,25)26/h4-6H,1-3H3. The van der Waals surface area contributed by atoms with Gasteiger partial charge in [0.05, 0.1) is 19.8 Å². The van der Waals surface area contributed by atoms with Crippen LogP contribution in [0.4, 0.5) is 70.2 Å². The minimum absolute atomic E-state index is 0.123. The highest BCUT2D eigenvalue weighted by Crippen LogP contribution is 2.56. The SMILES string of the molecule is COC(=O)c1ccc(C(=O)OC)c(OC(F)(F)C(C)(F)OC(F)(F)C(F)(OC(F)(F)C(F)(F)C(F)(F)F)C(F)(F)F)c1. The van der Waals surface area contributed by atoms with Crippen LogP contribution in [0.3, 0.4) is 0 Å². The van der Waals surface area contributed by atoms with E-state index < -0.39 is 84.0 Å². The topological polar surface area (TPSA) is 80.3 Å². The fraction of sp³-hybridized carbons (Fsp3) is 0.579. The summed E-state index contributed by atoms with van der Waals surface area (Å²) in [6.07, 6.45) is -37.1. The maximum atomic E-state index is 14.7. The van der Waals surface area contributed by atoms with E-state index in [0.29, 0.717) is 19.2 Å². The lowest BCUT2D eigenvalue weighted by Gasteiger charge is -2.40. The molecule has 1 aromatic rings. The van der Waals surface area contributed by atoms with Crippen molar-refractivity contribution in [1.82, 2.24) is 0 Å². The molecule has 0 aromatic heterocycles. The van der Waals surface area contributed by atoms with Crippen LogP contribution in [0.2, 0.25) is 0 Å². The molecule has 42 heavy (non-hydrogen) atoms. The second kappa shape index (κ2) is 11.1. The van der Waals surface area contributed by atoms with E-state index in [4.69, 9.17) is 0 Å². The number of ether oxygens (including phenoxy) is 5. The minimum atomic E-state index is -7.90. The van der Waals surface area contributed by atoms with Crippen molar-refractivity contribution in [3.63, 3.8) is 0 Å². The summed E-state index contributed by atoms with van der Waals surface area (Å²) in [6.45, 7) is -0.984. The average molecular weight is 656 g/mol. The molecule has 0 amide bonds. The third-order valence-corrected chi connectivity index (χ3v) is 4.62. The highest BCUT2D eigenvalue weighted by Gasteiger charge is 2.84. The number of carbonyl (C=O) groups is 2. The lowest BCUT2D eigenvalue weighted by molar-refractivity contribution is -0.552. The van der Waals surface area contributed by atoms with E-state index in [2.05, 4.69) is 18.9 Å². The van der Waals surface area contributed by atoms with Gasteiger partial charge in [-0.05, 0) is 18.2 Å². The first-order chi connectivity index (χ1) is 18.4. The van der Waals surface area contributed by atoms with Gasteiger partial charge in [0.15, 0.2) is 0 Å². The van der Waals surface area contributed by atoms with Gasteiger partial charge < -0.3 is 14.2 Å². The fourth-order valence-corrected chi connectivity index (χ4v) is 2.41. The van der Waals surface area contributed by atoms with Crippen LogP contribution in [0.5, 0.6) is 5.75 Å². The molecule has 7 nitrogen and oxygen atoms in total. The summed E-state index contributed by atoms with van der Waals surface area (Å²) in [5.41, 5.74) is -1.98. The molecule has 0 saturated heterocycles. The van der Waals surface area contributed by atoms with Gasteiger partial charge in [-0.15, -0.1) is 0 Å². The number of alkyl halides is 16. The maximum Gasteiger partial charge on any atom is 0.462 e. The molecule has 0 heterocycles. The van der Waals surface area contributed by atoms with E-state index in [1.165, 1.54) is 4.74 Å². The van der Waals surface area contributed by atoms with Crippen LogP contribution in [-0.2, 0) is 18.9 Å². The first kappa shape index (κ1) is 36.8. The molecule has 2 unspecified atom stereocenters. The number of halogens is 16. The van der Waals surface area contributed by atoms with Gasteiger partial charge in [-0.25, -0.2) is 14.0 Å². The summed E-state index contributed by atoms with van der Waals surface area (Å²) in [5.74, 6) is -26.3. The number of methoxy groups -OCH3 is 2. The zero-order valence-corrected chi connectivity index (χ0v) is 20.1. The molecule has 1 aromatic carbocycles. The second-order valence-electron chi connectivity index (χ2n) is 7.63. The van der Waals surface area contributed by atoms with Crippen LogP contribution in [0.25, 0.3) is 0 Å². The van der Waals surface area contributed by atoms with E-state index in [-0.39, 0.29) is 6.07 Å². The van der Waals surface area contributed by atoms with Crippen molar-refractivity contribution >= 4 is 11.9 Å². The third-order valence-electron chi connectivity index (χ3n) is 4.62. The number of benzene rings is 1. The Morgan fingerprint density at radius 1 is 0.619 bits per heavy atom. The van der Waals surface area contributed by atoms with Crippen molar-refractivity contribution < 1.29 is 104 Å². The fourth-order valence-electron chi connectivity index (χ4n) is 2.41. The van der Waals surface area contributed by atoms with Crippen LogP contribution in [-0.4, -0.2) is 74.5 Å². The van der Waals surface area contributed by atoms with Crippen LogP contribution in [0, 0.1) is 0 Å². The van der Waals surface area contributed by atoms with Crippen molar-refractivity contribution in [2.75, 3.05) is 14.2 Å². The minimum Gasteiger partial charge on any atom is -0.465 e. The van der Waals surface area contributed by atoms with E-state index >= 15 is 0 Å². The molecule has 23 heteroatoms. The summed E-state index contributed by atoms with van der Waals surface area (Å²) in [4.78, 5) is 23.4. The first-order valence-corrected chi connectivity index (χ1v) is 9.87. The molecular formula is C19H12F16O7. The molecule has 0 N–H and O–H groups in total. The van der Waals surface area contributed by atoms with Crippen LogP contribution in [0.15, 0.2) is 18.2 Å². The lowest BCUT2D eigenvalue weighted by Crippen LogP contribution is -2.67. The number of carbonyl (C=O) groups excluding carboxylic acids is 2. The Bertz CT molecular complexity index is 1160. The smallest absolute Gasteiger partial charge is 0.462 e. The molecule has 0 aliphatic rings. The van der Waals surface area contributed by atoms with Gasteiger partial charge in [0, 0.05) is 6.92 Å². The summed E-state index contributed by atoms with van der Waals surface area (Å²) < 4.78 is 230. The number of hydrogen-bond acceptors (Lipinski definition) is 7. The molecule has 242 valence electrons. The Morgan fingerprint density at radius 3 is 1.50 bits per heavy atom. The Labute approximate surface area is 221 Å². The second-order valence-corrected chi connectivity index (χ2v) is 7.63. The van der Waals surface area contributed by atoms with Crippen molar-refractivity contribution in [1.29, 1.82) is 0 Å². The van der Waals surface area contributed by atoms with Gasteiger partial charge in [-0.1, -0.05) is 0 Å². The zero-order valence-electron chi connectivity index (χ0n) is 20.1. The molecule has 1 rings (SSSR count). The van der Waals surface area contributed by atoms with Crippen LogP contribution >= 0.6 is 0 Å². The molecule has 0 spiro atoms. The zero-order chi connectivity index (χ0) is 33.5. The van der Waals surface area contributed by atoms with Crippen molar-refractivity contribution in [3.8, 4) is 5.75 Å². The Kier molecular flexibility index (Phi) is 9.73. The maximum absolute atomic E-state index is 14.7. The van der Waals surface area contributed by atoms with Crippen molar-refractivity contribution in [2.45, 2.75) is 55.2 Å². The van der Waals surface area contributed by atoms with E-state index in [1.807, 2.05) is 0 Å². The molecule has 0 aliphatic carbocycles. The summed E-state index contributed by atoms with van der Waals surface area (Å²) >= 11 is 0. The van der Waals surface area contributed by atoms with E-state index in [9.17, 15) is 79.8 Å². The van der Waals surface area contributed by atoms with Gasteiger partial charge in [-0.3, -0.25) is 9.47 Å². The van der Waals surface area contributed by atoms with Crippen molar-refractivity contribution in [2.24, 2.45) is 0 Å². The summed E-state index contributed by atoms with van der Waals surface area (Å²) in [7, 11) is 1.33. The van der Waals surface area contributed by atoms with Crippen LogP contribution < -0.4 is 4.74 Å². The highest BCUT2D eigenvalue weighted by molar-refractivity contribution is 5.96. The molecular weight excluding hydrogens is 644 g/mol. The predicted octanol–water partition coefficient (Wildman–Crippen LogP) is 6.56. The van der Waals surface area contributed by atoms with E-state index in [0.717, 1.165) is 7.11 Å². The number of esters is 2. The normalized spacial score (nSPS) is 16.7. The predicted molar refractivity (Wildman–Crippen MR) is 97.2 cm³/mol. The molecule has 0 aliphatic heterocycles. The molecule has 0 radical (unpaired) electrons. The monoisotopic (exact) mass is 656 g/mol. The molecule has 0 saturated carbocycles. The van der Waals surface area contributed by atoms with Gasteiger partial charge in [-0.2, -0.15) is 65.9 Å². The first-order valence-electron chi connectivity index (χ1n) is 9.87. The van der Waals surface area contributed by atoms with Gasteiger partial charge >= 0.3 is 60.2 Å². The van der Waals surface area contributed by atoms with Gasteiger partial charge in [0.25, 0.3) is 0 Å². The molecule has 0 bridgehead atoms. The highest BCUT2D eigenvalue weighted by atomic mass is 19.4. The van der Waals surface area contributed by atoms with Gasteiger partial charge in [0.2, 0.25) is 0 Å². The molecule has 0 fully saturated rings. The number of hydrogen-bond donors (Lipinski definition) is 0. The summed E-state index contributed by atoms with van der Waals surface area (Å²) in [6, 6.07) is 1.23. The number of rotatable bonds is 11.